The van der Waals surface area contributed by atoms with Gasteiger partial charge >= 0.3 is 0 Å². The summed E-state index contributed by atoms with van der Waals surface area (Å²) in [5.74, 6) is 2.59. The minimum Gasteiger partial charge on any atom is -0.376 e. The third-order valence-electron chi connectivity index (χ3n) is 10.5. The monoisotopic (exact) mass is 544 g/mol. The molecule has 1 atom stereocenters. The van der Waals surface area contributed by atoms with Crippen molar-refractivity contribution in [3.8, 4) is 0 Å². The van der Waals surface area contributed by atoms with Crippen LogP contribution in [0.15, 0.2) is 42.5 Å². The topological polar surface area (TPSA) is 78.7 Å². The van der Waals surface area contributed by atoms with E-state index in [0.717, 1.165) is 29.0 Å². The summed E-state index contributed by atoms with van der Waals surface area (Å²) in [4.78, 5) is 29.1. The molecule has 7 nitrogen and oxygen atoms in total. The fraction of sp³-hybridized carbons (Fsp3) is 0.606. The maximum Gasteiger partial charge on any atom is 0.292 e. The van der Waals surface area contributed by atoms with Gasteiger partial charge in [-0.2, -0.15) is 0 Å². The van der Waals surface area contributed by atoms with Crippen molar-refractivity contribution < 1.29 is 9.72 Å². The Morgan fingerprint density at radius 3 is 2.05 bits per heavy atom. The van der Waals surface area contributed by atoms with Gasteiger partial charge in [-0.15, -0.1) is 0 Å². The van der Waals surface area contributed by atoms with Crippen LogP contribution in [0.25, 0.3) is 0 Å². The van der Waals surface area contributed by atoms with Gasteiger partial charge in [0.1, 0.15) is 5.69 Å². The molecule has 0 radical (unpaired) electrons. The van der Waals surface area contributed by atoms with Gasteiger partial charge in [-0.05, 0) is 104 Å². The van der Waals surface area contributed by atoms with E-state index in [2.05, 4.69) is 50.0 Å². The third kappa shape index (κ3) is 5.08. The zero-order chi connectivity index (χ0) is 28.2. The summed E-state index contributed by atoms with van der Waals surface area (Å²) in [6.07, 6.45) is 7.94. The number of nitro groups is 1. The molecule has 5 fully saturated rings. The number of anilines is 2. The molecule has 4 saturated carbocycles. The van der Waals surface area contributed by atoms with Crippen LogP contribution in [0.3, 0.4) is 0 Å². The normalized spacial score (nSPS) is 28.4. The molecule has 4 bridgehead atoms. The molecule has 1 saturated heterocycles. The zero-order valence-electron chi connectivity index (χ0n) is 24.5. The number of piperazine rings is 1. The summed E-state index contributed by atoms with van der Waals surface area (Å²) in [7, 11) is 0. The lowest BCUT2D eigenvalue weighted by Gasteiger charge is -2.59. The van der Waals surface area contributed by atoms with Crippen LogP contribution >= 0.6 is 0 Å². The van der Waals surface area contributed by atoms with E-state index in [9.17, 15) is 14.9 Å². The predicted octanol–water partition coefficient (Wildman–Crippen LogP) is 6.87. The Balaban J connectivity index is 1.14. The van der Waals surface area contributed by atoms with Crippen LogP contribution in [0, 0.1) is 33.3 Å². The average Bonchev–Trinajstić information content (AvgIpc) is 2.91. The van der Waals surface area contributed by atoms with Gasteiger partial charge in [0, 0.05) is 49.5 Å². The van der Waals surface area contributed by atoms with E-state index in [4.69, 9.17) is 0 Å². The minimum absolute atomic E-state index is 0.0543. The fourth-order valence-corrected chi connectivity index (χ4v) is 8.55. The summed E-state index contributed by atoms with van der Waals surface area (Å²) >= 11 is 0. The number of rotatable bonds is 6. The lowest BCUT2D eigenvalue weighted by atomic mass is 9.48. The van der Waals surface area contributed by atoms with Crippen LogP contribution in [0.5, 0.6) is 0 Å². The average molecular weight is 545 g/mol. The molecule has 7 rings (SSSR count). The van der Waals surface area contributed by atoms with Gasteiger partial charge in [0.15, 0.2) is 0 Å². The quantitative estimate of drug-likeness (QED) is 0.317. The number of hydrogen-bond acceptors (Lipinski definition) is 5. The summed E-state index contributed by atoms with van der Waals surface area (Å²) in [5, 5.41) is 15.6. The van der Waals surface area contributed by atoms with E-state index in [1.165, 1.54) is 44.1 Å². The van der Waals surface area contributed by atoms with Gasteiger partial charge in [0.05, 0.1) is 4.92 Å². The van der Waals surface area contributed by atoms with Crippen LogP contribution in [0.4, 0.5) is 17.1 Å². The van der Waals surface area contributed by atoms with E-state index in [-0.39, 0.29) is 33.4 Å². The Labute approximate surface area is 238 Å². The molecule has 1 heterocycles. The van der Waals surface area contributed by atoms with Gasteiger partial charge in [-0.25, -0.2) is 0 Å². The zero-order valence-corrected chi connectivity index (χ0v) is 24.5. The molecule has 40 heavy (non-hydrogen) atoms. The van der Waals surface area contributed by atoms with Crippen molar-refractivity contribution in [1.29, 1.82) is 0 Å². The second-order valence-electron chi connectivity index (χ2n) is 14.2. The molecule has 1 amide bonds. The van der Waals surface area contributed by atoms with E-state index < -0.39 is 0 Å². The molecule has 2 aromatic carbocycles. The van der Waals surface area contributed by atoms with Crippen molar-refractivity contribution in [2.75, 3.05) is 36.4 Å². The number of nitro benzene ring substituents is 1. The van der Waals surface area contributed by atoms with Crippen molar-refractivity contribution in [1.82, 2.24) is 4.90 Å². The standard InChI is InChI=1S/C33H44N4O3/c1-22(33-19-23-15-24(20-33)17-25(16-23)21-33)34-29-18-28(9-10-30(29)37(39)40)35-11-13-36(14-12-35)31(38)26-5-7-27(8-6-26)32(2,3)4/h5-10,18,22-25,34H,11-17,19-21H2,1-4H3/t22-,23?,24?,25?,33?/m1/s1. The highest BCUT2D eigenvalue weighted by atomic mass is 16.6. The second kappa shape index (κ2) is 10.1. The van der Waals surface area contributed by atoms with Gasteiger partial charge < -0.3 is 15.1 Å². The number of carbonyl (C=O) groups is 1. The van der Waals surface area contributed by atoms with Crippen molar-refractivity contribution in [2.24, 2.45) is 23.2 Å². The Morgan fingerprint density at radius 2 is 1.52 bits per heavy atom. The van der Waals surface area contributed by atoms with E-state index in [1.54, 1.807) is 6.07 Å². The summed E-state index contributed by atoms with van der Waals surface area (Å²) in [5.41, 5.74) is 4.01. The lowest BCUT2D eigenvalue weighted by Crippen LogP contribution is -2.53. The minimum atomic E-state index is -0.264. The molecular formula is C33H44N4O3. The fourth-order valence-electron chi connectivity index (χ4n) is 8.55. The number of benzene rings is 2. The Kier molecular flexibility index (Phi) is 6.82. The molecule has 0 aromatic heterocycles. The molecule has 7 heteroatoms. The lowest BCUT2D eigenvalue weighted by molar-refractivity contribution is -0.384. The van der Waals surface area contributed by atoms with Gasteiger partial charge in [0.25, 0.3) is 11.6 Å². The van der Waals surface area contributed by atoms with Crippen molar-refractivity contribution >= 4 is 23.0 Å². The summed E-state index contributed by atoms with van der Waals surface area (Å²) in [6, 6.07) is 13.7. The van der Waals surface area contributed by atoms with Gasteiger partial charge in [-0.3, -0.25) is 14.9 Å². The molecule has 0 spiro atoms. The Bertz CT molecular complexity index is 1240. The molecule has 214 valence electrons. The van der Waals surface area contributed by atoms with Crippen molar-refractivity contribution in [3.63, 3.8) is 0 Å². The van der Waals surface area contributed by atoms with Gasteiger partial charge in [0.2, 0.25) is 0 Å². The van der Waals surface area contributed by atoms with Crippen LogP contribution < -0.4 is 10.2 Å². The molecule has 5 aliphatic rings. The molecule has 0 unspecified atom stereocenters. The van der Waals surface area contributed by atoms with Gasteiger partial charge in [-0.1, -0.05) is 32.9 Å². The SMILES string of the molecule is C[C@@H](Nc1cc(N2CCN(C(=O)c3ccc(C(C)(C)C)cc3)CC2)ccc1[N+](=O)[O-])C12CC3CC(CC(C3)C1)C2. The van der Waals surface area contributed by atoms with E-state index in [1.807, 2.05) is 29.2 Å². The largest absolute Gasteiger partial charge is 0.376 e. The highest BCUT2D eigenvalue weighted by Gasteiger charge is 2.53. The number of amides is 1. The number of hydrogen-bond donors (Lipinski definition) is 1. The maximum atomic E-state index is 13.2. The smallest absolute Gasteiger partial charge is 0.292 e. The Morgan fingerprint density at radius 1 is 0.950 bits per heavy atom. The third-order valence-corrected chi connectivity index (χ3v) is 10.5. The first-order valence-corrected chi connectivity index (χ1v) is 15.2. The first-order valence-electron chi connectivity index (χ1n) is 15.2. The van der Waals surface area contributed by atoms with E-state index >= 15 is 0 Å². The van der Waals surface area contributed by atoms with E-state index in [0.29, 0.717) is 31.9 Å². The first kappa shape index (κ1) is 27.1. The van der Waals surface area contributed by atoms with Crippen LogP contribution in [-0.4, -0.2) is 48.0 Å². The van der Waals surface area contributed by atoms with Crippen molar-refractivity contribution in [3.05, 3.63) is 63.7 Å². The molecular weight excluding hydrogens is 500 g/mol. The summed E-state index contributed by atoms with van der Waals surface area (Å²) < 4.78 is 0. The molecule has 2 aromatic rings. The van der Waals surface area contributed by atoms with Crippen LogP contribution in [0.1, 0.15) is 82.1 Å². The predicted molar refractivity (Wildman–Crippen MR) is 160 cm³/mol. The number of nitrogens with zero attached hydrogens (tertiary/aromatic N) is 3. The highest BCUT2D eigenvalue weighted by molar-refractivity contribution is 5.94. The second-order valence-corrected chi connectivity index (χ2v) is 14.2. The first-order chi connectivity index (χ1) is 19.0. The molecule has 4 aliphatic carbocycles. The molecule has 1 aliphatic heterocycles. The number of carbonyl (C=O) groups excluding carboxylic acids is 1. The maximum absolute atomic E-state index is 13.2. The molecule has 1 N–H and O–H groups in total. The van der Waals surface area contributed by atoms with Crippen LogP contribution in [-0.2, 0) is 5.41 Å². The number of nitrogens with one attached hydrogen (secondary N) is 1. The highest BCUT2D eigenvalue weighted by Crippen LogP contribution is 2.61. The summed E-state index contributed by atoms with van der Waals surface area (Å²) in [6.45, 7) is 11.4. The van der Waals surface area contributed by atoms with Crippen LogP contribution in [0.2, 0.25) is 0 Å². The Hall–Kier alpha value is -3.09. The van der Waals surface area contributed by atoms with Crippen molar-refractivity contribution in [2.45, 2.75) is 77.7 Å².